The summed E-state index contributed by atoms with van der Waals surface area (Å²) in [5, 5.41) is 1.17. The summed E-state index contributed by atoms with van der Waals surface area (Å²) in [6, 6.07) is 11.2. The minimum Gasteiger partial charge on any atom is -0.298 e. The monoisotopic (exact) mass is 264 g/mol. The van der Waals surface area contributed by atoms with Gasteiger partial charge in [-0.15, -0.1) is 0 Å². The van der Waals surface area contributed by atoms with Gasteiger partial charge in [-0.2, -0.15) is 0 Å². The molecule has 2 aromatic rings. The smallest absolute Gasteiger partial charge is 0.151 e. The van der Waals surface area contributed by atoms with Crippen LogP contribution in [-0.2, 0) is 0 Å². The van der Waals surface area contributed by atoms with E-state index < -0.39 is 0 Å². The van der Waals surface area contributed by atoms with Gasteiger partial charge in [-0.25, -0.2) is 0 Å². The Morgan fingerprint density at radius 3 is 2.06 bits per heavy atom. The third kappa shape index (κ3) is 2.51. The molecule has 0 saturated heterocycles. The molecule has 2 rings (SSSR count). The van der Waals surface area contributed by atoms with Gasteiger partial charge in [0.1, 0.15) is 0 Å². The van der Waals surface area contributed by atoms with Crippen molar-refractivity contribution in [1.82, 2.24) is 0 Å². The third-order valence-electron chi connectivity index (χ3n) is 2.63. The van der Waals surface area contributed by atoms with Crippen molar-refractivity contribution >= 4 is 29.5 Å². The fraction of sp³-hybridized carbons (Fsp3) is 0.0714. The third-order valence-corrected chi connectivity index (χ3v) is 3.37. The fourth-order valence-corrected chi connectivity index (χ4v) is 1.98. The van der Waals surface area contributed by atoms with E-state index in [1.807, 2.05) is 31.2 Å². The van der Waals surface area contributed by atoms with E-state index in [9.17, 15) is 4.79 Å². The molecule has 0 aliphatic rings. The Kier molecular flexibility index (Phi) is 3.51. The molecule has 17 heavy (non-hydrogen) atoms. The highest BCUT2D eigenvalue weighted by Gasteiger charge is 2.04. The van der Waals surface area contributed by atoms with Gasteiger partial charge in [0.15, 0.2) is 6.29 Å². The van der Waals surface area contributed by atoms with Crippen LogP contribution in [0.3, 0.4) is 0 Å². The minimum atomic E-state index is 0.453. The maximum absolute atomic E-state index is 10.7. The summed E-state index contributed by atoms with van der Waals surface area (Å²) < 4.78 is 0. The maximum Gasteiger partial charge on any atom is 0.151 e. The number of aryl methyl sites for hydroxylation is 1. The Labute approximate surface area is 110 Å². The lowest BCUT2D eigenvalue weighted by Crippen LogP contribution is -1.85. The van der Waals surface area contributed by atoms with Crippen LogP contribution in [-0.4, -0.2) is 6.29 Å². The van der Waals surface area contributed by atoms with Crippen molar-refractivity contribution < 1.29 is 4.79 Å². The number of carbonyl (C=O) groups excluding carboxylic acids is 1. The number of benzene rings is 2. The molecule has 0 aromatic heterocycles. The van der Waals surface area contributed by atoms with E-state index in [0.717, 1.165) is 28.0 Å². The normalized spacial score (nSPS) is 10.3. The van der Waals surface area contributed by atoms with Crippen LogP contribution in [0.1, 0.15) is 15.9 Å². The fourth-order valence-electron chi connectivity index (χ4n) is 1.57. The molecule has 0 fully saturated rings. The van der Waals surface area contributed by atoms with Crippen LogP contribution in [0.2, 0.25) is 10.0 Å². The van der Waals surface area contributed by atoms with Crippen molar-refractivity contribution in [3.05, 3.63) is 57.6 Å². The molecule has 2 aromatic carbocycles. The number of aldehydes is 1. The zero-order valence-corrected chi connectivity index (χ0v) is 10.7. The number of carbonyl (C=O) groups is 1. The Balaban J connectivity index is 2.49. The zero-order valence-electron chi connectivity index (χ0n) is 9.21. The van der Waals surface area contributed by atoms with E-state index >= 15 is 0 Å². The quantitative estimate of drug-likeness (QED) is 0.714. The summed E-state index contributed by atoms with van der Waals surface area (Å²) in [6.45, 7) is 1.95. The topological polar surface area (TPSA) is 17.1 Å². The van der Waals surface area contributed by atoms with Gasteiger partial charge in [-0.3, -0.25) is 4.79 Å². The molecular weight excluding hydrogens is 255 g/mol. The van der Waals surface area contributed by atoms with Gasteiger partial charge in [0.25, 0.3) is 0 Å². The lowest BCUT2D eigenvalue weighted by molar-refractivity contribution is 0.112. The summed E-state index contributed by atoms with van der Waals surface area (Å²) in [6.07, 6.45) is 0.744. The standard InChI is InChI=1S/C14H10Cl2O/c1-9-2-3-10(6-13(9)15)11-4-5-12(8-17)14(16)7-11/h2-8H,1H3. The van der Waals surface area contributed by atoms with Crippen LogP contribution in [0, 0.1) is 6.92 Å². The first-order valence-electron chi connectivity index (χ1n) is 5.13. The summed E-state index contributed by atoms with van der Waals surface area (Å²) in [5.41, 5.74) is 3.46. The highest BCUT2D eigenvalue weighted by atomic mass is 35.5. The predicted octanol–water partition coefficient (Wildman–Crippen LogP) is 4.78. The first-order valence-corrected chi connectivity index (χ1v) is 5.88. The Bertz CT molecular complexity index is 576. The van der Waals surface area contributed by atoms with Crippen LogP contribution in [0.4, 0.5) is 0 Å². The first-order chi connectivity index (χ1) is 8.11. The molecule has 0 bridgehead atoms. The Morgan fingerprint density at radius 2 is 1.53 bits per heavy atom. The van der Waals surface area contributed by atoms with Gasteiger partial charge in [-0.05, 0) is 41.8 Å². The van der Waals surface area contributed by atoms with Gasteiger partial charge >= 0.3 is 0 Å². The second kappa shape index (κ2) is 4.91. The molecule has 0 atom stereocenters. The summed E-state index contributed by atoms with van der Waals surface area (Å²) >= 11 is 12.1. The molecule has 3 heteroatoms. The number of rotatable bonds is 2. The highest BCUT2D eigenvalue weighted by molar-refractivity contribution is 6.33. The van der Waals surface area contributed by atoms with Crippen LogP contribution >= 0.6 is 23.2 Å². The maximum atomic E-state index is 10.7. The molecule has 0 N–H and O–H groups in total. The van der Waals surface area contributed by atoms with E-state index in [2.05, 4.69) is 0 Å². The molecule has 0 amide bonds. The summed E-state index contributed by atoms with van der Waals surface area (Å²) in [4.78, 5) is 10.7. The molecule has 0 unspecified atom stereocenters. The SMILES string of the molecule is Cc1ccc(-c2ccc(C=O)c(Cl)c2)cc1Cl. The Morgan fingerprint density at radius 1 is 0.941 bits per heavy atom. The van der Waals surface area contributed by atoms with Crippen LogP contribution in [0.25, 0.3) is 11.1 Å². The van der Waals surface area contributed by atoms with Crippen LogP contribution in [0.5, 0.6) is 0 Å². The molecule has 0 aliphatic heterocycles. The zero-order chi connectivity index (χ0) is 12.4. The number of halogens is 2. The van der Waals surface area contributed by atoms with Crippen molar-refractivity contribution in [3.8, 4) is 11.1 Å². The minimum absolute atomic E-state index is 0.453. The Hall–Kier alpha value is -1.31. The second-order valence-electron chi connectivity index (χ2n) is 3.82. The van der Waals surface area contributed by atoms with Gasteiger partial charge in [-0.1, -0.05) is 41.4 Å². The van der Waals surface area contributed by atoms with Gasteiger partial charge in [0, 0.05) is 10.6 Å². The van der Waals surface area contributed by atoms with Crippen LogP contribution in [0.15, 0.2) is 36.4 Å². The molecule has 0 radical (unpaired) electrons. The van der Waals surface area contributed by atoms with Crippen molar-refractivity contribution in [3.63, 3.8) is 0 Å². The first kappa shape index (κ1) is 12.2. The molecule has 0 spiro atoms. The molecule has 86 valence electrons. The van der Waals surface area contributed by atoms with Crippen LogP contribution < -0.4 is 0 Å². The molecule has 0 saturated carbocycles. The lowest BCUT2D eigenvalue weighted by atomic mass is 10.0. The average Bonchev–Trinajstić information content (AvgIpc) is 2.32. The van der Waals surface area contributed by atoms with Gasteiger partial charge in [0.05, 0.1) is 5.02 Å². The van der Waals surface area contributed by atoms with E-state index in [-0.39, 0.29) is 0 Å². The number of hydrogen-bond acceptors (Lipinski definition) is 1. The largest absolute Gasteiger partial charge is 0.298 e. The number of hydrogen-bond donors (Lipinski definition) is 0. The van der Waals surface area contributed by atoms with Crippen molar-refractivity contribution in [2.75, 3.05) is 0 Å². The lowest BCUT2D eigenvalue weighted by Gasteiger charge is -2.06. The second-order valence-corrected chi connectivity index (χ2v) is 4.63. The van der Waals surface area contributed by atoms with E-state index in [4.69, 9.17) is 23.2 Å². The van der Waals surface area contributed by atoms with Gasteiger partial charge < -0.3 is 0 Å². The predicted molar refractivity (Wildman–Crippen MR) is 72.0 cm³/mol. The average molecular weight is 265 g/mol. The van der Waals surface area contributed by atoms with Crippen molar-refractivity contribution in [1.29, 1.82) is 0 Å². The van der Waals surface area contributed by atoms with E-state index in [1.165, 1.54) is 0 Å². The summed E-state index contributed by atoms with van der Waals surface area (Å²) in [5.74, 6) is 0. The summed E-state index contributed by atoms with van der Waals surface area (Å²) in [7, 11) is 0. The van der Waals surface area contributed by atoms with Crippen molar-refractivity contribution in [2.45, 2.75) is 6.92 Å². The molecule has 0 heterocycles. The molecular formula is C14H10Cl2O. The molecule has 1 nitrogen and oxygen atoms in total. The van der Waals surface area contributed by atoms with E-state index in [1.54, 1.807) is 12.1 Å². The highest BCUT2D eigenvalue weighted by Crippen LogP contribution is 2.28. The van der Waals surface area contributed by atoms with Crippen molar-refractivity contribution in [2.24, 2.45) is 0 Å². The van der Waals surface area contributed by atoms with Gasteiger partial charge in [0.2, 0.25) is 0 Å². The van der Waals surface area contributed by atoms with E-state index in [0.29, 0.717) is 10.6 Å². The molecule has 0 aliphatic carbocycles.